The minimum absolute atomic E-state index is 0.602. The van der Waals surface area contributed by atoms with E-state index in [1.54, 1.807) is 0 Å². The van der Waals surface area contributed by atoms with Crippen LogP contribution in [0.2, 0.25) is 0 Å². The minimum atomic E-state index is 0.602. The lowest BCUT2D eigenvalue weighted by Crippen LogP contribution is -2.46. The molecule has 8 rings (SSSR count). The smallest absolute Gasteiger partial charge is 0.132 e. The van der Waals surface area contributed by atoms with Gasteiger partial charge in [0, 0.05) is 12.8 Å². The van der Waals surface area contributed by atoms with Gasteiger partial charge in [-0.15, -0.1) is 0 Å². The van der Waals surface area contributed by atoms with Gasteiger partial charge >= 0.3 is 0 Å². The van der Waals surface area contributed by atoms with E-state index >= 15 is 0 Å². The number of Topliss-reactive ketones (excluding diaryl/α,β-unsaturated/α-hetero) is 1. The van der Waals surface area contributed by atoms with Crippen LogP contribution in [0.25, 0.3) is 0 Å². The zero-order valence-corrected chi connectivity index (χ0v) is 16.7. The summed E-state index contributed by atoms with van der Waals surface area (Å²) in [5.41, 5.74) is 1.20. The van der Waals surface area contributed by atoms with Crippen molar-refractivity contribution in [2.75, 3.05) is 0 Å². The van der Waals surface area contributed by atoms with Crippen molar-refractivity contribution in [3.05, 3.63) is 0 Å². The Kier molecular flexibility index (Phi) is 3.73. The predicted molar refractivity (Wildman–Crippen MR) is 105 cm³/mol. The lowest BCUT2D eigenvalue weighted by atomic mass is 9.48. The van der Waals surface area contributed by atoms with E-state index in [-0.39, 0.29) is 0 Å². The molecule has 0 aromatic carbocycles. The van der Waals surface area contributed by atoms with Crippen molar-refractivity contribution in [3.8, 4) is 0 Å². The van der Waals surface area contributed by atoms with Gasteiger partial charge in [-0.2, -0.15) is 0 Å². The Morgan fingerprint density at radius 1 is 0.538 bits per heavy atom. The highest BCUT2D eigenvalue weighted by atomic mass is 16.1. The highest BCUT2D eigenvalue weighted by Gasteiger charge is 2.52. The summed E-state index contributed by atoms with van der Waals surface area (Å²) in [6, 6.07) is 0. The Balaban J connectivity index is 1.04. The molecule has 0 radical (unpaired) electrons. The van der Waals surface area contributed by atoms with Crippen molar-refractivity contribution in [2.24, 2.45) is 46.3 Å². The predicted octanol–water partition coefficient (Wildman–Crippen LogP) is 6.55. The van der Waals surface area contributed by atoms with Gasteiger partial charge in [0.2, 0.25) is 0 Å². The van der Waals surface area contributed by atoms with E-state index in [0.29, 0.717) is 16.6 Å². The van der Waals surface area contributed by atoms with Crippen LogP contribution in [-0.4, -0.2) is 5.78 Å². The van der Waals surface area contributed by atoms with Gasteiger partial charge in [0.05, 0.1) is 0 Å². The second-order valence-electron chi connectivity index (χ2n) is 12.4. The first-order valence-electron chi connectivity index (χ1n) is 12.1. The van der Waals surface area contributed by atoms with Gasteiger partial charge in [0.1, 0.15) is 5.78 Å². The van der Waals surface area contributed by atoms with Crippen molar-refractivity contribution in [1.29, 1.82) is 0 Å². The Morgan fingerprint density at radius 3 is 1.08 bits per heavy atom. The molecule has 0 aromatic heterocycles. The van der Waals surface area contributed by atoms with Crippen LogP contribution in [0.15, 0.2) is 0 Å². The second kappa shape index (κ2) is 5.84. The molecule has 144 valence electrons. The molecule has 0 aromatic rings. The van der Waals surface area contributed by atoms with Crippen LogP contribution in [0.1, 0.15) is 103 Å². The summed E-state index contributed by atoms with van der Waals surface area (Å²) in [6.07, 6.45) is 22.3. The quantitative estimate of drug-likeness (QED) is 0.528. The van der Waals surface area contributed by atoms with Gasteiger partial charge < -0.3 is 0 Å². The highest BCUT2D eigenvalue weighted by molar-refractivity contribution is 5.78. The summed E-state index contributed by atoms with van der Waals surface area (Å²) in [7, 11) is 0. The largest absolute Gasteiger partial charge is 0.300 e. The number of hydrogen-bond acceptors (Lipinski definition) is 1. The maximum absolute atomic E-state index is 12.8. The van der Waals surface area contributed by atoms with E-state index in [1.807, 2.05) is 0 Å². The highest BCUT2D eigenvalue weighted by Crippen LogP contribution is 2.63. The van der Waals surface area contributed by atoms with Gasteiger partial charge in [-0.3, -0.25) is 4.79 Å². The van der Waals surface area contributed by atoms with Crippen LogP contribution in [-0.2, 0) is 4.79 Å². The molecule has 0 N–H and O–H groups in total. The fourth-order valence-corrected chi connectivity index (χ4v) is 10.1. The molecule has 0 atom stereocenters. The fraction of sp³-hybridized carbons (Fsp3) is 0.960. The van der Waals surface area contributed by atoms with E-state index in [4.69, 9.17) is 0 Å². The molecule has 1 heteroatoms. The third kappa shape index (κ3) is 2.82. The zero-order valence-electron chi connectivity index (χ0n) is 16.7. The molecule has 0 aliphatic heterocycles. The molecule has 0 unspecified atom stereocenters. The van der Waals surface area contributed by atoms with Crippen molar-refractivity contribution in [3.63, 3.8) is 0 Å². The average Bonchev–Trinajstić information content (AvgIpc) is 2.56. The average molecular weight is 355 g/mol. The molecule has 8 aliphatic rings. The van der Waals surface area contributed by atoms with Crippen molar-refractivity contribution in [2.45, 2.75) is 103 Å². The third-order valence-electron chi connectivity index (χ3n) is 10.2. The molecular weight excluding hydrogens is 316 g/mol. The molecule has 1 nitrogen and oxygen atoms in total. The van der Waals surface area contributed by atoms with Crippen molar-refractivity contribution >= 4 is 5.78 Å². The normalized spacial score (nSPS) is 53.4. The minimum Gasteiger partial charge on any atom is -0.300 e. The third-order valence-corrected chi connectivity index (χ3v) is 10.2. The van der Waals surface area contributed by atoms with Gasteiger partial charge in [0.15, 0.2) is 0 Å². The topological polar surface area (TPSA) is 17.1 Å². The Bertz CT molecular complexity index is 466. The summed E-state index contributed by atoms with van der Waals surface area (Å²) < 4.78 is 0. The van der Waals surface area contributed by atoms with E-state index < -0.39 is 0 Å². The molecule has 8 fully saturated rings. The summed E-state index contributed by atoms with van der Waals surface area (Å²) in [4.78, 5) is 12.8. The van der Waals surface area contributed by atoms with Crippen molar-refractivity contribution < 1.29 is 4.79 Å². The van der Waals surface area contributed by atoms with Crippen LogP contribution >= 0.6 is 0 Å². The first kappa shape index (κ1) is 16.6. The molecule has 8 aliphatic carbocycles. The molecule has 8 bridgehead atoms. The molecule has 0 heterocycles. The number of carbonyl (C=O) groups is 1. The van der Waals surface area contributed by atoms with Crippen LogP contribution < -0.4 is 0 Å². The summed E-state index contributed by atoms with van der Waals surface area (Å²) in [5.74, 6) is 6.81. The molecule has 0 saturated heterocycles. The summed E-state index contributed by atoms with van der Waals surface area (Å²) >= 11 is 0. The Labute approximate surface area is 160 Å². The maximum atomic E-state index is 12.8. The van der Waals surface area contributed by atoms with Gasteiger partial charge in [-0.25, -0.2) is 0 Å². The summed E-state index contributed by atoms with van der Waals surface area (Å²) in [5, 5.41) is 0. The van der Waals surface area contributed by atoms with E-state index in [1.165, 1.54) is 89.9 Å². The SMILES string of the molecule is O=C(CCC12CC3CC(CC(C3)C1)C2)CCC12CC3CC(CC(C3)C1)C2. The van der Waals surface area contributed by atoms with Crippen LogP contribution in [0.4, 0.5) is 0 Å². The monoisotopic (exact) mass is 354 g/mol. The molecule has 0 amide bonds. The second-order valence-corrected chi connectivity index (χ2v) is 12.4. The van der Waals surface area contributed by atoms with E-state index in [2.05, 4.69) is 0 Å². The molecule has 0 spiro atoms. The first-order chi connectivity index (χ1) is 12.6. The van der Waals surface area contributed by atoms with Crippen LogP contribution in [0.3, 0.4) is 0 Å². The number of ketones is 1. The standard InChI is InChI=1S/C25H38O/c26-23(1-3-24-11-17-5-18(12-24)7-19(6-17)13-24)2-4-25-14-20-8-21(15-25)10-22(9-20)16-25/h17-22H,1-16H2. The van der Waals surface area contributed by atoms with E-state index in [0.717, 1.165) is 48.3 Å². The molecule has 26 heavy (non-hydrogen) atoms. The van der Waals surface area contributed by atoms with Crippen LogP contribution in [0, 0.1) is 46.3 Å². The summed E-state index contributed by atoms with van der Waals surface area (Å²) in [6.45, 7) is 0. The Hall–Kier alpha value is -0.330. The zero-order chi connectivity index (χ0) is 17.4. The van der Waals surface area contributed by atoms with Gasteiger partial charge in [0.25, 0.3) is 0 Å². The van der Waals surface area contributed by atoms with Crippen molar-refractivity contribution in [1.82, 2.24) is 0 Å². The van der Waals surface area contributed by atoms with Gasteiger partial charge in [-0.05, 0) is 136 Å². The van der Waals surface area contributed by atoms with E-state index in [9.17, 15) is 4.79 Å². The molecular formula is C25H38O. The lowest BCUT2D eigenvalue weighted by Gasteiger charge is -2.57. The number of carbonyl (C=O) groups excluding carboxylic acids is 1. The maximum Gasteiger partial charge on any atom is 0.132 e. The fourth-order valence-electron chi connectivity index (χ4n) is 10.1. The number of rotatable bonds is 6. The number of hydrogen-bond donors (Lipinski definition) is 0. The Morgan fingerprint density at radius 2 is 0.808 bits per heavy atom. The molecule has 8 saturated carbocycles. The first-order valence-corrected chi connectivity index (χ1v) is 12.1. The van der Waals surface area contributed by atoms with Gasteiger partial charge in [-0.1, -0.05) is 0 Å². The van der Waals surface area contributed by atoms with Crippen LogP contribution in [0.5, 0.6) is 0 Å². The lowest BCUT2D eigenvalue weighted by molar-refractivity contribution is -0.123.